The summed E-state index contributed by atoms with van der Waals surface area (Å²) in [5, 5.41) is 11.2. The summed E-state index contributed by atoms with van der Waals surface area (Å²) in [5.41, 5.74) is 3.45. The third kappa shape index (κ3) is 2.53. The molecule has 0 amide bonds. The van der Waals surface area contributed by atoms with Gasteiger partial charge in [0.1, 0.15) is 11.4 Å². The molecule has 0 atom stereocenters. The minimum absolute atomic E-state index is 0.0579. The van der Waals surface area contributed by atoms with Crippen molar-refractivity contribution in [2.45, 2.75) is 19.8 Å². The molecule has 98 valence electrons. The molecule has 1 aromatic rings. The van der Waals surface area contributed by atoms with Crippen LogP contribution in [0.25, 0.3) is 0 Å². The Kier molecular flexibility index (Phi) is 3.66. The van der Waals surface area contributed by atoms with E-state index in [-0.39, 0.29) is 10.6 Å². The lowest BCUT2D eigenvalue weighted by Crippen LogP contribution is -2.26. The van der Waals surface area contributed by atoms with Crippen LogP contribution in [0.4, 0.5) is 17.1 Å². The van der Waals surface area contributed by atoms with Gasteiger partial charge in [-0.05, 0) is 37.8 Å². The van der Waals surface area contributed by atoms with Gasteiger partial charge in [0.05, 0.1) is 4.92 Å². The lowest BCUT2D eigenvalue weighted by Gasteiger charge is -2.23. The third-order valence-corrected chi connectivity index (χ3v) is 3.25. The monoisotopic (exact) mass is 250 g/mol. The highest BCUT2D eigenvalue weighted by Gasteiger charge is 2.28. The molecular weight excluding hydrogens is 232 g/mol. The van der Waals surface area contributed by atoms with Gasteiger partial charge in [-0.25, -0.2) is 0 Å². The number of para-hydroxylation sites is 1. The second-order valence-corrected chi connectivity index (χ2v) is 4.56. The van der Waals surface area contributed by atoms with Gasteiger partial charge < -0.3 is 10.3 Å². The van der Waals surface area contributed by atoms with Crippen molar-refractivity contribution >= 4 is 17.1 Å². The summed E-state index contributed by atoms with van der Waals surface area (Å²) < 4.78 is 0. The minimum atomic E-state index is -0.375. The zero-order chi connectivity index (χ0) is 13.1. The zero-order valence-corrected chi connectivity index (χ0v) is 10.4. The molecule has 0 heterocycles. The fourth-order valence-electron chi connectivity index (χ4n) is 2.10. The van der Waals surface area contributed by atoms with Crippen LogP contribution in [0.5, 0.6) is 0 Å². The van der Waals surface area contributed by atoms with Crippen molar-refractivity contribution in [1.29, 1.82) is 0 Å². The first-order chi connectivity index (χ1) is 8.67. The molecule has 1 fully saturated rings. The number of hydrogen-bond acceptors (Lipinski definition) is 5. The molecular formula is C12H18N4O2. The number of nitrogens with one attached hydrogen (secondary N) is 1. The van der Waals surface area contributed by atoms with Crippen LogP contribution in [-0.2, 0) is 0 Å². The molecule has 18 heavy (non-hydrogen) atoms. The first-order valence-electron chi connectivity index (χ1n) is 6.16. The summed E-state index contributed by atoms with van der Waals surface area (Å²) in [5.74, 6) is 6.02. The molecule has 1 aliphatic rings. The fourth-order valence-corrected chi connectivity index (χ4v) is 2.10. The Morgan fingerprint density at radius 3 is 2.78 bits per heavy atom. The van der Waals surface area contributed by atoms with Gasteiger partial charge in [-0.3, -0.25) is 16.0 Å². The Morgan fingerprint density at radius 2 is 2.28 bits per heavy atom. The molecule has 1 saturated carbocycles. The fraction of sp³-hybridized carbons (Fsp3) is 0.500. The van der Waals surface area contributed by atoms with Crippen LogP contribution < -0.4 is 16.2 Å². The second-order valence-electron chi connectivity index (χ2n) is 4.56. The van der Waals surface area contributed by atoms with Crippen LogP contribution in [-0.4, -0.2) is 18.0 Å². The second kappa shape index (κ2) is 5.22. The number of nitro benzene ring substituents is 1. The van der Waals surface area contributed by atoms with E-state index in [2.05, 4.69) is 10.3 Å². The number of nitrogen functional groups attached to an aromatic ring is 1. The van der Waals surface area contributed by atoms with Gasteiger partial charge in [-0.15, -0.1) is 0 Å². The first kappa shape index (κ1) is 12.6. The van der Waals surface area contributed by atoms with E-state index in [1.54, 1.807) is 18.2 Å². The topological polar surface area (TPSA) is 84.4 Å². The summed E-state index contributed by atoms with van der Waals surface area (Å²) in [6, 6.07) is 5.19. The molecule has 3 N–H and O–H groups in total. The Balaban J connectivity index is 2.36. The molecule has 0 aliphatic heterocycles. The number of nitrogens with zero attached hydrogens (tertiary/aromatic N) is 2. The Labute approximate surface area is 106 Å². The van der Waals surface area contributed by atoms with E-state index < -0.39 is 0 Å². The molecule has 1 aromatic carbocycles. The van der Waals surface area contributed by atoms with Crippen molar-refractivity contribution in [2.75, 3.05) is 23.4 Å². The van der Waals surface area contributed by atoms with Gasteiger partial charge in [0.15, 0.2) is 0 Å². The molecule has 2 rings (SSSR count). The van der Waals surface area contributed by atoms with E-state index >= 15 is 0 Å². The number of hydrogen-bond donors (Lipinski definition) is 2. The summed E-state index contributed by atoms with van der Waals surface area (Å²) in [6.45, 7) is 3.64. The average Bonchev–Trinajstić information content (AvgIpc) is 3.18. The van der Waals surface area contributed by atoms with Gasteiger partial charge in [0.25, 0.3) is 0 Å². The van der Waals surface area contributed by atoms with E-state index in [1.807, 2.05) is 6.92 Å². The molecule has 0 radical (unpaired) electrons. The normalized spacial score (nSPS) is 14.3. The van der Waals surface area contributed by atoms with Crippen LogP contribution in [0.2, 0.25) is 0 Å². The van der Waals surface area contributed by atoms with Crippen LogP contribution >= 0.6 is 0 Å². The van der Waals surface area contributed by atoms with Crippen LogP contribution in [0.1, 0.15) is 19.8 Å². The van der Waals surface area contributed by atoms with Crippen molar-refractivity contribution in [3.63, 3.8) is 0 Å². The lowest BCUT2D eigenvalue weighted by atomic mass is 10.2. The van der Waals surface area contributed by atoms with Crippen LogP contribution in [0.15, 0.2) is 18.2 Å². The molecule has 0 bridgehead atoms. The molecule has 0 unspecified atom stereocenters. The maximum atomic E-state index is 11.2. The summed E-state index contributed by atoms with van der Waals surface area (Å²) in [7, 11) is 0. The maximum Gasteiger partial charge on any atom is 0.316 e. The molecule has 6 heteroatoms. The highest BCUT2D eigenvalue weighted by Crippen LogP contribution is 2.37. The van der Waals surface area contributed by atoms with Crippen molar-refractivity contribution in [2.24, 2.45) is 11.8 Å². The van der Waals surface area contributed by atoms with Crippen molar-refractivity contribution < 1.29 is 4.92 Å². The number of benzene rings is 1. The van der Waals surface area contributed by atoms with E-state index in [0.29, 0.717) is 17.3 Å². The predicted octanol–water partition coefficient (Wildman–Crippen LogP) is 2.12. The number of rotatable bonds is 6. The number of anilines is 2. The Morgan fingerprint density at radius 1 is 1.56 bits per heavy atom. The van der Waals surface area contributed by atoms with Gasteiger partial charge >= 0.3 is 5.69 Å². The summed E-state index contributed by atoms with van der Waals surface area (Å²) >= 11 is 0. The Bertz CT molecular complexity index is 446. The molecule has 0 saturated heterocycles. The molecule has 0 aromatic heterocycles. The average molecular weight is 250 g/mol. The van der Waals surface area contributed by atoms with E-state index in [9.17, 15) is 10.1 Å². The maximum absolute atomic E-state index is 11.2. The van der Waals surface area contributed by atoms with Gasteiger partial charge in [-0.1, -0.05) is 6.07 Å². The third-order valence-electron chi connectivity index (χ3n) is 3.25. The summed E-state index contributed by atoms with van der Waals surface area (Å²) in [4.78, 5) is 12.9. The standard InChI is InChI=1S/C12H18N4O2/c1-2-15(8-9-6-7-9)11-5-3-4-10(14-13)12(11)16(17)18/h3-5,9,14H,2,6-8,13H2,1H3. The summed E-state index contributed by atoms with van der Waals surface area (Å²) in [6.07, 6.45) is 2.44. The predicted molar refractivity (Wildman–Crippen MR) is 71.5 cm³/mol. The highest BCUT2D eigenvalue weighted by atomic mass is 16.6. The van der Waals surface area contributed by atoms with Crippen molar-refractivity contribution in [1.82, 2.24) is 0 Å². The molecule has 6 nitrogen and oxygen atoms in total. The van der Waals surface area contributed by atoms with Gasteiger partial charge in [0.2, 0.25) is 0 Å². The lowest BCUT2D eigenvalue weighted by molar-refractivity contribution is -0.383. The zero-order valence-electron chi connectivity index (χ0n) is 10.4. The van der Waals surface area contributed by atoms with Gasteiger partial charge in [-0.2, -0.15) is 0 Å². The minimum Gasteiger partial charge on any atom is -0.366 e. The van der Waals surface area contributed by atoms with Crippen molar-refractivity contribution in [3.05, 3.63) is 28.3 Å². The number of nitro groups is 1. The number of hydrazine groups is 1. The molecule has 1 aliphatic carbocycles. The van der Waals surface area contributed by atoms with Crippen LogP contribution in [0.3, 0.4) is 0 Å². The highest BCUT2D eigenvalue weighted by molar-refractivity contribution is 5.76. The largest absolute Gasteiger partial charge is 0.366 e. The van der Waals surface area contributed by atoms with E-state index in [0.717, 1.165) is 13.1 Å². The Hall–Kier alpha value is -1.82. The van der Waals surface area contributed by atoms with Crippen molar-refractivity contribution in [3.8, 4) is 0 Å². The van der Waals surface area contributed by atoms with Gasteiger partial charge in [0, 0.05) is 13.1 Å². The van der Waals surface area contributed by atoms with E-state index in [1.165, 1.54) is 12.8 Å². The molecule has 0 spiro atoms. The SMILES string of the molecule is CCN(CC1CC1)c1cccc(NN)c1[N+](=O)[O-]. The quantitative estimate of drug-likeness (QED) is 0.459. The van der Waals surface area contributed by atoms with E-state index in [4.69, 9.17) is 5.84 Å². The smallest absolute Gasteiger partial charge is 0.316 e. The first-order valence-corrected chi connectivity index (χ1v) is 6.16. The van der Waals surface area contributed by atoms with Crippen LogP contribution in [0, 0.1) is 16.0 Å². The number of nitrogens with two attached hydrogens (primary N) is 1.